The van der Waals surface area contributed by atoms with Crippen molar-refractivity contribution in [1.29, 1.82) is 0 Å². The fourth-order valence-corrected chi connectivity index (χ4v) is 1.43. The molecule has 96 valence electrons. The Kier molecular flexibility index (Phi) is 5.30. The number of nitrogens with one attached hydrogen (secondary N) is 1. The largest absolute Gasteiger partial charge is 0.471 e. The van der Waals surface area contributed by atoms with Crippen molar-refractivity contribution in [2.24, 2.45) is 0 Å². The fourth-order valence-electron chi connectivity index (χ4n) is 1.01. The lowest BCUT2D eigenvalue weighted by Crippen LogP contribution is -2.30. The lowest BCUT2D eigenvalue weighted by atomic mass is 10.5. The lowest BCUT2D eigenvalue weighted by Gasteiger charge is -2.09. The van der Waals surface area contributed by atoms with Crippen molar-refractivity contribution in [2.45, 2.75) is 6.54 Å². The van der Waals surface area contributed by atoms with Crippen molar-refractivity contribution < 1.29 is 23.3 Å². The first-order chi connectivity index (χ1) is 8.03. The van der Waals surface area contributed by atoms with Gasteiger partial charge in [-0.3, -0.25) is 13.8 Å². The summed E-state index contributed by atoms with van der Waals surface area (Å²) >= 11 is 0. The third-order valence-electron chi connectivity index (χ3n) is 1.79. The van der Waals surface area contributed by atoms with Gasteiger partial charge in [0.15, 0.2) is 0 Å². The molecule has 8 nitrogen and oxygen atoms in total. The Morgan fingerprint density at radius 2 is 2.41 bits per heavy atom. The average molecular weight is 263 g/mol. The number of aromatic nitrogens is 2. The minimum atomic E-state index is -3.96. The number of phosphoric acid groups is 1. The maximum absolute atomic E-state index is 11.3. The average Bonchev–Trinajstić information content (AvgIpc) is 2.77. The highest BCUT2D eigenvalue weighted by atomic mass is 31.2. The van der Waals surface area contributed by atoms with E-state index in [0.717, 1.165) is 7.11 Å². The Hall–Kier alpha value is -1.21. The monoisotopic (exact) mass is 263 g/mol. The zero-order chi connectivity index (χ0) is 12.7. The molecular weight excluding hydrogens is 249 g/mol. The summed E-state index contributed by atoms with van der Waals surface area (Å²) in [6, 6.07) is 0. The molecule has 1 unspecified atom stereocenters. The molecule has 1 amide bonds. The van der Waals surface area contributed by atoms with E-state index in [1.807, 2.05) is 0 Å². The Labute approximate surface area is 98.2 Å². The van der Waals surface area contributed by atoms with E-state index in [2.05, 4.69) is 19.3 Å². The van der Waals surface area contributed by atoms with Crippen LogP contribution in [0.3, 0.4) is 0 Å². The van der Waals surface area contributed by atoms with E-state index in [0.29, 0.717) is 0 Å². The van der Waals surface area contributed by atoms with Crippen molar-refractivity contribution in [3.8, 4) is 0 Å². The molecule has 0 saturated heterocycles. The van der Waals surface area contributed by atoms with Crippen LogP contribution in [0.5, 0.6) is 0 Å². The molecule has 1 rings (SSSR count). The second kappa shape index (κ2) is 6.51. The number of carbonyl (C=O) groups is 1. The molecule has 0 bridgehead atoms. The molecule has 0 aliphatic heterocycles. The van der Waals surface area contributed by atoms with Crippen molar-refractivity contribution in [1.82, 2.24) is 14.9 Å². The van der Waals surface area contributed by atoms with Gasteiger partial charge in [0.05, 0.1) is 12.9 Å². The molecule has 0 fully saturated rings. The third-order valence-corrected chi connectivity index (χ3v) is 2.77. The highest BCUT2D eigenvalue weighted by Crippen LogP contribution is 2.41. The summed E-state index contributed by atoms with van der Waals surface area (Å²) in [5.41, 5.74) is 0. The molecule has 0 aliphatic rings. The summed E-state index contributed by atoms with van der Waals surface area (Å²) in [6.07, 6.45) is 4.74. The van der Waals surface area contributed by atoms with Crippen LogP contribution in [0.2, 0.25) is 0 Å². The molecule has 0 aliphatic carbocycles. The van der Waals surface area contributed by atoms with E-state index in [1.54, 1.807) is 17.0 Å². The van der Waals surface area contributed by atoms with E-state index in [9.17, 15) is 9.36 Å². The molecule has 17 heavy (non-hydrogen) atoms. The number of amides is 1. The summed E-state index contributed by atoms with van der Waals surface area (Å²) in [4.78, 5) is 24.0. The van der Waals surface area contributed by atoms with Crippen LogP contribution < -0.4 is 5.32 Å². The van der Waals surface area contributed by atoms with Crippen LogP contribution in [0.25, 0.3) is 0 Å². The van der Waals surface area contributed by atoms with Gasteiger partial charge in [-0.05, 0) is 0 Å². The van der Waals surface area contributed by atoms with Gasteiger partial charge in [-0.25, -0.2) is 9.55 Å². The topological polar surface area (TPSA) is 103 Å². The Morgan fingerprint density at radius 3 is 3.00 bits per heavy atom. The summed E-state index contributed by atoms with van der Waals surface area (Å²) < 4.78 is 21.2. The zero-order valence-electron chi connectivity index (χ0n) is 9.28. The molecular formula is C8H14N3O5P. The molecule has 0 saturated carbocycles. The van der Waals surface area contributed by atoms with Crippen LogP contribution in [0.1, 0.15) is 0 Å². The van der Waals surface area contributed by atoms with Crippen molar-refractivity contribution in [3.05, 3.63) is 18.7 Å². The number of nitrogens with zero attached hydrogens (tertiary/aromatic N) is 2. The van der Waals surface area contributed by atoms with Gasteiger partial charge >= 0.3 is 7.82 Å². The summed E-state index contributed by atoms with van der Waals surface area (Å²) in [6.45, 7) is 0.166. The quantitative estimate of drug-likeness (QED) is 0.520. The van der Waals surface area contributed by atoms with Gasteiger partial charge in [-0.15, -0.1) is 0 Å². The van der Waals surface area contributed by atoms with Gasteiger partial charge in [-0.1, -0.05) is 0 Å². The molecule has 2 N–H and O–H groups in total. The predicted molar refractivity (Wildman–Crippen MR) is 58.0 cm³/mol. The van der Waals surface area contributed by atoms with Gasteiger partial charge in [0.2, 0.25) is 5.91 Å². The van der Waals surface area contributed by atoms with Crippen LogP contribution in [0.15, 0.2) is 18.7 Å². The van der Waals surface area contributed by atoms with Gasteiger partial charge in [-0.2, -0.15) is 0 Å². The number of rotatable bonds is 7. The fraction of sp³-hybridized carbons (Fsp3) is 0.500. The second-order valence-corrected chi connectivity index (χ2v) is 4.63. The first kappa shape index (κ1) is 13.9. The van der Waals surface area contributed by atoms with Crippen LogP contribution in [-0.4, -0.2) is 40.6 Å². The van der Waals surface area contributed by atoms with E-state index in [-0.39, 0.29) is 25.6 Å². The second-order valence-electron chi connectivity index (χ2n) is 3.07. The Morgan fingerprint density at radius 1 is 1.65 bits per heavy atom. The number of hydrogen-bond donors (Lipinski definition) is 2. The lowest BCUT2D eigenvalue weighted by molar-refractivity contribution is -0.121. The number of imidazole rings is 1. The predicted octanol–water partition coefficient (Wildman–Crippen LogP) is -0.237. The summed E-state index contributed by atoms with van der Waals surface area (Å²) in [5.74, 6) is -0.239. The van der Waals surface area contributed by atoms with Gasteiger partial charge in [0.25, 0.3) is 0 Å². The molecule has 1 heterocycles. The van der Waals surface area contributed by atoms with Crippen LogP contribution in [0.4, 0.5) is 0 Å². The summed E-state index contributed by atoms with van der Waals surface area (Å²) in [5, 5.41) is 2.52. The number of hydrogen-bond acceptors (Lipinski definition) is 5. The Balaban J connectivity index is 2.15. The highest BCUT2D eigenvalue weighted by molar-refractivity contribution is 7.47. The van der Waals surface area contributed by atoms with Crippen molar-refractivity contribution in [3.63, 3.8) is 0 Å². The first-order valence-corrected chi connectivity index (χ1v) is 6.28. The minimum Gasteiger partial charge on any atom is -0.352 e. The molecule has 1 aromatic heterocycles. The Bertz CT molecular complexity index is 394. The SMILES string of the molecule is COP(=O)(O)OCCNC(=O)Cn1ccnc1. The maximum Gasteiger partial charge on any atom is 0.471 e. The highest BCUT2D eigenvalue weighted by Gasteiger charge is 2.17. The van der Waals surface area contributed by atoms with E-state index in [4.69, 9.17) is 4.89 Å². The first-order valence-electron chi connectivity index (χ1n) is 4.79. The third kappa shape index (κ3) is 5.60. The van der Waals surface area contributed by atoms with E-state index < -0.39 is 7.82 Å². The van der Waals surface area contributed by atoms with Crippen molar-refractivity contribution >= 4 is 13.7 Å². The molecule has 1 atom stereocenters. The number of phosphoric ester groups is 1. The van der Waals surface area contributed by atoms with E-state index in [1.165, 1.54) is 6.33 Å². The van der Waals surface area contributed by atoms with Crippen LogP contribution >= 0.6 is 7.82 Å². The molecule has 0 spiro atoms. The van der Waals surface area contributed by atoms with Gasteiger partial charge in [0, 0.05) is 26.0 Å². The van der Waals surface area contributed by atoms with Crippen LogP contribution in [-0.2, 0) is 25.0 Å². The minimum absolute atomic E-state index is 0.0999. The molecule has 0 radical (unpaired) electrons. The van der Waals surface area contributed by atoms with Crippen LogP contribution in [0, 0.1) is 0 Å². The zero-order valence-corrected chi connectivity index (χ0v) is 10.2. The van der Waals surface area contributed by atoms with E-state index >= 15 is 0 Å². The van der Waals surface area contributed by atoms with Gasteiger partial charge < -0.3 is 14.8 Å². The normalized spacial score (nSPS) is 14.2. The van der Waals surface area contributed by atoms with Gasteiger partial charge in [0.1, 0.15) is 6.54 Å². The van der Waals surface area contributed by atoms with Crippen molar-refractivity contribution in [2.75, 3.05) is 20.3 Å². The molecule has 1 aromatic rings. The smallest absolute Gasteiger partial charge is 0.352 e. The number of carbonyl (C=O) groups excluding carboxylic acids is 1. The summed E-state index contributed by atoms with van der Waals surface area (Å²) in [7, 11) is -2.89. The molecule has 0 aromatic carbocycles. The standard InChI is InChI=1S/C8H14N3O5P/c1-15-17(13,14)16-5-3-10-8(12)6-11-4-2-9-7-11/h2,4,7H,3,5-6H2,1H3,(H,10,12)(H,13,14). The maximum atomic E-state index is 11.3. The molecule has 9 heteroatoms.